The van der Waals surface area contributed by atoms with Crippen molar-refractivity contribution in [1.29, 1.82) is 0 Å². The minimum Gasteiger partial charge on any atom is -0.497 e. The Kier molecular flexibility index (Phi) is 10.1. The molecular weight excluding hydrogens is 472 g/mol. The van der Waals surface area contributed by atoms with Crippen LogP contribution in [0.15, 0.2) is 53.7 Å². The molecule has 2 aromatic carbocycles. The van der Waals surface area contributed by atoms with E-state index >= 15 is 0 Å². The van der Waals surface area contributed by atoms with Gasteiger partial charge in [0, 0.05) is 12.0 Å². The normalized spacial score (nSPS) is 12.3. The summed E-state index contributed by atoms with van der Waals surface area (Å²) in [5.41, 5.74) is -0.345. The fourth-order valence-electron chi connectivity index (χ4n) is 2.90. The Morgan fingerprint density at radius 3 is 2.14 bits per heavy atom. The lowest BCUT2D eigenvalue weighted by Gasteiger charge is -2.23. The Bertz CT molecular complexity index is 1060. The molecule has 0 heterocycles. The molecule has 0 saturated carbocycles. The number of nitrogens with one attached hydrogen (secondary N) is 1. The van der Waals surface area contributed by atoms with Crippen LogP contribution in [-0.4, -0.2) is 59.4 Å². The van der Waals surface area contributed by atoms with E-state index in [-0.39, 0.29) is 25.2 Å². The molecule has 0 fully saturated rings. The van der Waals surface area contributed by atoms with Crippen molar-refractivity contribution in [2.45, 2.75) is 45.4 Å². The molecule has 0 aliphatic rings. The number of esters is 1. The number of amides is 1. The number of hydrogen-bond acceptors (Lipinski definition) is 9. The summed E-state index contributed by atoms with van der Waals surface area (Å²) in [4.78, 5) is 36.1. The van der Waals surface area contributed by atoms with Gasteiger partial charge in [0.1, 0.15) is 29.7 Å². The van der Waals surface area contributed by atoms with Crippen LogP contribution in [0.3, 0.4) is 0 Å². The second kappa shape index (κ2) is 13.0. The zero-order valence-electron chi connectivity index (χ0n) is 20.5. The quantitative estimate of drug-likeness (QED) is 0.182. The van der Waals surface area contributed by atoms with Crippen molar-refractivity contribution in [1.82, 2.24) is 5.32 Å². The highest BCUT2D eigenvalue weighted by Gasteiger charge is 2.26. The van der Waals surface area contributed by atoms with Crippen molar-refractivity contribution in [3.8, 4) is 11.5 Å². The number of alkyl carbamates (subject to hydrolysis) is 1. The van der Waals surface area contributed by atoms with Crippen LogP contribution in [0, 0.1) is 0 Å². The lowest BCUT2D eigenvalue weighted by atomic mass is 10.1. The van der Waals surface area contributed by atoms with E-state index in [0.29, 0.717) is 11.5 Å². The molecule has 2 aromatic rings. The first-order valence-corrected chi connectivity index (χ1v) is 11.0. The molecule has 0 spiro atoms. The lowest BCUT2D eigenvalue weighted by molar-refractivity contribution is -0.148. The highest BCUT2D eigenvalue weighted by molar-refractivity contribution is 6.42. The Balaban J connectivity index is 2.00. The highest BCUT2D eigenvalue weighted by Crippen LogP contribution is 2.15. The molecule has 194 valence electrons. The fraction of sp³-hybridized carbons (Fsp3) is 0.360. The number of carbonyl (C=O) groups excluding carboxylic acids is 2. The van der Waals surface area contributed by atoms with Gasteiger partial charge in [-0.15, -0.1) is 0 Å². The molecule has 2 rings (SSSR count). The van der Waals surface area contributed by atoms with E-state index < -0.39 is 35.4 Å². The maximum Gasteiger partial charge on any atom is 0.408 e. The third kappa shape index (κ3) is 9.16. The molecule has 3 N–H and O–H groups in total. The van der Waals surface area contributed by atoms with Gasteiger partial charge in [-0.05, 0) is 62.7 Å². The molecule has 11 nitrogen and oxygen atoms in total. The third-order valence-corrected chi connectivity index (χ3v) is 4.62. The summed E-state index contributed by atoms with van der Waals surface area (Å²) in [6, 6.07) is 11.8. The second-order valence-electron chi connectivity index (χ2n) is 8.57. The van der Waals surface area contributed by atoms with Crippen molar-refractivity contribution in [2.75, 3.05) is 13.7 Å². The number of hydrogen-bond donors (Lipinski definition) is 3. The topological polar surface area (TPSA) is 153 Å². The number of aliphatic carboxylic acids is 1. The van der Waals surface area contributed by atoms with E-state index in [2.05, 4.69) is 10.5 Å². The lowest BCUT2D eigenvalue weighted by Crippen LogP contribution is -2.45. The van der Waals surface area contributed by atoms with Gasteiger partial charge in [-0.2, -0.15) is 0 Å². The average molecular weight is 503 g/mol. The van der Waals surface area contributed by atoms with Gasteiger partial charge in [0.2, 0.25) is 0 Å². The molecule has 0 saturated heterocycles. The zero-order chi connectivity index (χ0) is 26.7. The standard InChI is InChI=1S/C25H30N2O9/c1-25(2,3)36-24(31)26-20(23(30)35-15-16-5-9-18(33-4)10-6-16)13-14-34-19-11-7-17(8-12-19)21(27-32)22(28)29/h5-12,20,32H,13-15H2,1-4H3,(H,26,31)(H,28,29)/b27-21-. The van der Waals surface area contributed by atoms with Crippen LogP contribution in [0.1, 0.15) is 38.3 Å². The maximum atomic E-state index is 12.7. The smallest absolute Gasteiger partial charge is 0.408 e. The summed E-state index contributed by atoms with van der Waals surface area (Å²) >= 11 is 0. The maximum absolute atomic E-state index is 12.7. The van der Waals surface area contributed by atoms with Gasteiger partial charge in [-0.3, -0.25) is 0 Å². The van der Waals surface area contributed by atoms with Gasteiger partial charge < -0.3 is 34.6 Å². The number of carboxylic acid groups (broad SMARTS) is 1. The van der Waals surface area contributed by atoms with Gasteiger partial charge in [0.05, 0.1) is 13.7 Å². The Labute approximate surface area is 208 Å². The Morgan fingerprint density at radius 1 is 1.00 bits per heavy atom. The first-order chi connectivity index (χ1) is 17.0. The number of benzene rings is 2. The van der Waals surface area contributed by atoms with Crippen molar-refractivity contribution in [3.05, 3.63) is 59.7 Å². The monoisotopic (exact) mass is 502 g/mol. The first-order valence-electron chi connectivity index (χ1n) is 11.0. The summed E-state index contributed by atoms with van der Waals surface area (Å²) in [5, 5.41) is 23.1. The number of rotatable bonds is 11. The van der Waals surface area contributed by atoms with E-state index in [1.165, 1.54) is 24.3 Å². The summed E-state index contributed by atoms with van der Waals surface area (Å²) in [7, 11) is 1.55. The number of methoxy groups -OCH3 is 1. The van der Waals surface area contributed by atoms with E-state index in [0.717, 1.165) is 5.56 Å². The van der Waals surface area contributed by atoms with E-state index in [9.17, 15) is 14.4 Å². The van der Waals surface area contributed by atoms with Crippen LogP contribution in [0.4, 0.5) is 4.79 Å². The summed E-state index contributed by atoms with van der Waals surface area (Å²) < 4.78 is 21.3. The van der Waals surface area contributed by atoms with Crippen LogP contribution in [0.2, 0.25) is 0 Å². The highest BCUT2D eigenvalue weighted by atomic mass is 16.6. The second-order valence-corrected chi connectivity index (χ2v) is 8.57. The molecule has 0 aromatic heterocycles. The predicted octanol–water partition coefficient (Wildman–Crippen LogP) is 3.36. The van der Waals surface area contributed by atoms with Crippen molar-refractivity contribution >= 4 is 23.7 Å². The van der Waals surface area contributed by atoms with Gasteiger partial charge in [0.15, 0.2) is 5.71 Å². The predicted molar refractivity (Wildman–Crippen MR) is 128 cm³/mol. The summed E-state index contributed by atoms with van der Waals surface area (Å²) in [6.07, 6.45) is -0.705. The number of carbonyl (C=O) groups is 3. The number of ether oxygens (including phenoxy) is 4. The fourth-order valence-corrected chi connectivity index (χ4v) is 2.90. The molecule has 0 aliphatic carbocycles. The minimum atomic E-state index is -1.38. The van der Waals surface area contributed by atoms with Crippen LogP contribution in [0.5, 0.6) is 11.5 Å². The molecule has 1 unspecified atom stereocenters. The van der Waals surface area contributed by atoms with Crippen molar-refractivity contribution in [2.24, 2.45) is 5.16 Å². The minimum absolute atomic E-state index is 0.00400. The SMILES string of the molecule is COc1ccc(COC(=O)C(CCOc2ccc(/C(=N/O)C(=O)O)cc2)NC(=O)OC(C)(C)C)cc1. The van der Waals surface area contributed by atoms with Crippen LogP contribution in [0.25, 0.3) is 0 Å². The Morgan fingerprint density at radius 2 is 1.61 bits per heavy atom. The number of oxime groups is 1. The van der Waals surface area contributed by atoms with Gasteiger partial charge in [-0.1, -0.05) is 17.3 Å². The average Bonchev–Trinajstić information content (AvgIpc) is 2.82. The van der Waals surface area contributed by atoms with Crippen LogP contribution < -0.4 is 14.8 Å². The molecule has 0 bridgehead atoms. The molecule has 1 amide bonds. The third-order valence-electron chi connectivity index (χ3n) is 4.62. The Hall–Kier alpha value is -4.28. The number of carboxylic acids is 1. The largest absolute Gasteiger partial charge is 0.497 e. The molecule has 0 radical (unpaired) electrons. The van der Waals surface area contributed by atoms with E-state index in [1.54, 1.807) is 52.1 Å². The molecule has 1 atom stereocenters. The number of nitrogens with zero attached hydrogens (tertiary/aromatic N) is 1. The first kappa shape index (κ1) is 28.0. The molecule has 11 heteroatoms. The molecular formula is C25H30N2O9. The van der Waals surface area contributed by atoms with Gasteiger partial charge in [0.25, 0.3) is 0 Å². The van der Waals surface area contributed by atoms with Gasteiger partial charge in [-0.25, -0.2) is 14.4 Å². The molecule has 0 aliphatic heterocycles. The van der Waals surface area contributed by atoms with Crippen LogP contribution >= 0.6 is 0 Å². The summed E-state index contributed by atoms with van der Waals surface area (Å²) in [5.74, 6) is -0.997. The van der Waals surface area contributed by atoms with E-state index in [4.69, 9.17) is 29.3 Å². The molecule has 36 heavy (non-hydrogen) atoms. The zero-order valence-corrected chi connectivity index (χ0v) is 20.5. The summed E-state index contributed by atoms with van der Waals surface area (Å²) in [6.45, 7) is 5.13. The van der Waals surface area contributed by atoms with Crippen molar-refractivity contribution < 1.29 is 43.6 Å². The van der Waals surface area contributed by atoms with Crippen LogP contribution in [-0.2, 0) is 25.7 Å². The van der Waals surface area contributed by atoms with Crippen molar-refractivity contribution in [3.63, 3.8) is 0 Å². The van der Waals surface area contributed by atoms with E-state index in [1.807, 2.05) is 0 Å². The van der Waals surface area contributed by atoms with Gasteiger partial charge >= 0.3 is 18.0 Å².